The summed E-state index contributed by atoms with van der Waals surface area (Å²) in [5, 5.41) is 3.02. The molecule has 4 aromatic rings. The average Bonchev–Trinajstić information content (AvgIpc) is 3.17. The molecule has 1 unspecified atom stereocenters. The van der Waals surface area contributed by atoms with Crippen LogP contribution in [0.1, 0.15) is 73.1 Å². The minimum absolute atomic E-state index is 0.0114. The summed E-state index contributed by atoms with van der Waals surface area (Å²) in [6.07, 6.45) is 2.04. The van der Waals surface area contributed by atoms with Crippen LogP contribution in [-0.2, 0) is 35.6 Å². The van der Waals surface area contributed by atoms with Crippen molar-refractivity contribution in [3.05, 3.63) is 131 Å². The molecule has 0 spiro atoms. The van der Waals surface area contributed by atoms with Gasteiger partial charge in [0, 0.05) is 63.0 Å². The van der Waals surface area contributed by atoms with Gasteiger partial charge < -0.3 is 24.6 Å². The predicted molar refractivity (Wildman–Crippen MR) is 212 cm³/mol. The van der Waals surface area contributed by atoms with Crippen molar-refractivity contribution in [1.82, 2.24) is 20.0 Å². The summed E-state index contributed by atoms with van der Waals surface area (Å²) in [4.78, 5) is 44.4. The Morgan fingerprint density at radius 2 is 1.51 bits per heavy atom. The molecule has 2 aliphatic rings. The highest BCUT2D eigenvalue weighted by Crippen LogP contribution is 2.27. The minimum Gasteiger partial charge on any atom is -0.445 e. The number of carbonyl (C=O) groups is 3. The number of nitrogens with zero attached hydrogens (tertiary/aromatic N) is 3. The van der Waals surface area contributed by atoms with Crippen LogP contribution < -0.4 is 5.32 Å². The Hall–Kier alpha value is -5.22. The number of amides is 3. The molecular formula is C45H53FN4O5. The van der Waals surface area contributed by atoms with Crippen LogP contribution in [0.4, 0.5) is 14.0 Å². The van der Waals surface area contributed by atoms with Gasteiger partial charge in [-0.2, -0.15) is 0 Å². The second kappa shape index (κ2) is 17.9. The van der Waals surface area contributed by atoms with Gasteiger partial charge in [0.15, 0.2) is 0 Å². The third kappa shape index (κ3) is 11.2. The number of hydrogen-bond acceptors (Lipinski definition) is 6. The Morgan fingerprint density at radius 1 is 0.782 bits per heavy atom. The molecule has 1 N–H and O–H groups in total. The van der Waals surface area contributed by atoms with Crippen molar-refractivity contribution in [3.63, 3.8) is 0 Å². The molecule has 10 heteroatoms. The van der Waals surface area contributed by atoms with Gasteiger partial charge in [-0.15, -0.1) is 0 Å². The normalized spacial score (nSPS) is 16.8. The molecule has 9 nitrogen and oxygen atoms in total. The Balaban J connectivity index is 0.995. The first kappa shape index (κ1) is 39.5. The molecule has 0 saturated carbocycles. The maximum atomic E-state index is 15.2. The fourth-order valence-electron chi connectivity index (χ4n) is 7.35. The first-order chi connectivity index (χ1) is 26.4. The average molecular weight is 749 g/mol. The van der Waals surface area contributed by atoms with Crippen molar-refractivity contribution in [2.24, 2.45) is 5.92 Å². The SMILES string of the molecule is CC1CN(Cc2cccc(-c3cc(CNC(=O)c4cccc(CC5CCN(C(=O)OC(C)(C)C)CC5)c4)ccc3F)c2)CCN1C(=O)OCc1ccccc1. The molecule has 0 aromatic heterocycles. The van der Waals surface area contributed by atoms with Gasteiger partial charge in [-0.25, -0.2) is 14.0 Å². The summed E-state index contributed by atoms with van der Waals surface area (Å²) in [6, 6.07) is 30.2. The van der Waals surface area contributed by atoms with Crippen LogP contribution in [0.15, 0.2) is 97.1 Å². The zero-order valence-electron chi connectivity index (χ0n) is 32.4. The monoisotopic (exact) mass is 748 g/mol. The highest BCUT2D eigenvalue weighted by molar-refractivity contribution is 5.94. The molecule has 0 bridgehead atoms. The van der Waals surface area contributed by atoms with Gasteiger partial charge in [0.05, 0.1) is 0 Å². The molecule has 55 heavy (non-hydrogen) atoms. The number of piperazine rings is 1. The fourth-order valence-corrected chi connectivity index (χ4v) is 7.35. The van der Waals surface area contributed by atoms with E-state index in [1.54, 1.807) is 21.9 Å². The number of halogens is 1. The predicted octanol–water partition coefficient (Wildman–Crippen LogP) is 8.46. The zero-order chi connectivity index (χ0) is 39.0. The standard InChI is InChI=1S/C45H53FN4O5/c1-32-29-48(22-23-50(32)44(53)54-31-34-10-6-5-7-11-34)30-37-13-9-14-38(26-37)40-27-36(16-17-41(40)46)28-47-42(51)39-15-8-12-35(25-39)24-33-18-20-49(21-19-33)43(52)55-45(2,3)4/h5-17,25-27,32-33H,18-24,28-31H2,1-4H3,(H,47,51). The smallest absolute Gasteiger partial charge is 0.410 e. The first-order valence-electron chi connectivity index (χ1n) is 19.3. The number of benzene rings is 4. The van der Waals surface area contributed by atoms with E-state index < -0.39 is 5.60 Å². The maximum absolute atomic E-state index is 15.2. The minimum atomic E-state index is -0.512. The number of nitrogens with one attached hydrogen (secondary N) is 1. The summed E-state index contributed by atoms with van der Waals surface area (Å²) in [5.74, 6) is -0.0931. The number of hydrogen-bond donors (Lipinski definition) is 1. The van der Waals surface area contributed by atoms with E-state index in [-0.39, 0.29) is 43.1 Å². The van der Waals surface area contributed by atoms with Crippen molar-refractivity contribution in [1.29, 1.82) is 0 Å². The lowest BCUT2D eigenvalue weighted by molar-refractivity contribution is 0.0184. The summed E-state index contributed by atoms with van der Waals surface area (Å²) in [7, 11) is 0. The number of carbonyl (C=O) groups excluding carboxylic acids is 3. The molecule has 2 fully saturated rings. The van der Waals surface area contributed by atoms with Crippen LogP contribution in [0.2, 0.25) is 0 Å². The van der Waals surface area contributed by atoms with Crippen molar-refractivity contribution in [3.8, 4) is 11.1 Å². The van der Waals surface area contributed by atoms with E-state index in [9.17, 15) is 14.4 Å². The molecule has 4 aromatic carbocycles. The second-order valence-electron chi connectivity index (χ2n) is 15.8. The number of ether oxygens (including phenoxy) is 2. The molecule has 3 amide bonds. The van der Waals surface area contributed by atoms with Gasteiger partial charge >= 0.3 is 12.2 Å². The first-order valence-corrected chi connectivity index (χ1v) is 19.3. The Kier molecular flexibility index (Phi) is 12.9. The molecule has 0 aliphatic carbocycles. The molecule has 2 saturated heterocycles. The molecule has 1 atom stereocenters. The molecule has 0 radical (unpaired) electrons. The van der Waals surface area contributed by atoms with Gasteiger partial charge in [0.25, 0.3) is 5.91 Å². The van der Waals surface area contributed by atoms with Crippen LogP contribution in [0.5, 0.6) is 0 Å². The summed E-state index contributed by atoms with van der Waals surface area (Å²) >= 11 is 0. The van der Waals surface area contributed by atoms with Gasteiger partial charge in [-0.05, 0) is 111 Å². The van der Waals surface area contributed by atoms with E-state index in [0.29, 0.717) is 56.3 Å². The highest BCUT2D eigenvalue weighted by atomic mass is 19.1. The van der Waals surface area contributed by atoms with Crippen LogP contribution >= 0.6 is 0 Å². The second-order valence-corrected chi connectivity index (χ2v) is 15.8. The third-order valence-electron chi connectivity index (χ3n) is 10.3. The lowest BCUT2D eigenvalue weighted by atomic mass is 9.90. The Morgan fingerprint density at radius 3 is 2.25 bits per heavy atom. The van der Waals surface area contributed by atoms with Crippen molar-refractivity contribution in [2.45, 2.75) is 78.3 Å². The lowest BCUT2D eigenvalue weighted by Gasteiger charge is -2.39. The van der Waals surface area contributed by atoms with Crippen LogP contribution in [0.25, 0.3) is 11.1 Å². The van der Waals surface area contributed by atoms with Crippen LogP contribution in [0, 0.1) is 11.7 Å². The van der Waals surface area contributed by atoms with Gasteiger partial charge in [-0.3, -0.25) is 9.69 Å². The largest absolute Gasteiger partial charge is 0.445 e. The number of likely N-dealkylation sites (tertiary alicyclic amines) is 1. The Bertz CT molecular complexity index is 1940. The molecule has 6 rings (SSSR count). The Labute approximate surface area is 324 Å². The topological polar surface area (TPSA) is 91.4 Å². The third-order valence-corrected chi connectivity index (χ3v) is 10.3. The van der Waals surface area contributed by atoms with Crippen molar-refractivity contribution < 1.29 is 28.2 Å². The maximum Gasteiger partial charge on any atom is 0.410 e. The van der Waals surface area contributed by atoms with E-state index in [2.05, 4.69) is 10.2 Å². The number of rotatable bonds is 10. The van der Waals surface area contributed by atoms with Crippen molar-refractivity contribution >= 4 is 18.1 Å². The van der Waals surface area contributed by atoms with Crippen LogP contribution in [-0.4, -0.2) is 77.2 Å². The van der Waals surface area contributed by atoms with E-state index in [4.69, 9.17) is 9.47 Å². The quantitative estimate of drug-likeness (QED) is 0.175. The molecule has 290 valence electrons. The summed E-state index contributed by atoms with van der Waals surface area (Å²) in [6.45, 7) is 12.1. The molecular weight excluding hydrogens is 696 g/mol. The zero-order valence-corrected chi connectivity index (χ0v) is 32.4. The summed E-state index contributed by atoms with van der Waals surface area (Å²) in [5.41, 5.74) is 5.21. The van der Waals surface area contributed by atoms with E-state index in [0.717, 1.165) is 47.1 Å². The highest BCUT2D eigenvalue weighted by Gasteiger charge is 2.29. The van der Waals surface area contributed by atoms with E-state index in [1.165, 1.54) is 6.07 Å². The number of piperidine rings is 1. The van der Waals surface area contributed by atoms with Crippen LogP contribution in [0.3, 0.4) is 0 Å². The van der Waals surface area contributed by atoms with Crippen molar-refractivity contribution in [2.75, 3.05) is 32.7 Å². The molecule has 2 heterocycles. The van der Waals surface area contributed by atoms with Gasteiger partial charge in [0.2, 0.25) is 0 Å². The van der Waals surface area contributed by atoms with Gasteiger partial charge in [0.1, 0.15) is 18.0 Å². The fraction of sp³-hybridized carbons (Fsp3) is 0.400. The molecule has 2 aliphatic heterocycles. The van der Waals surface area contributed by atoms with E-state index in [1.807, 2.05) is 107 Å². The lowest BCUT2D eigenvalue weighted by Crippen LogP contribution is -2.53. The summed E-state index contributed by atoms with van der Waals surface area (Å²) < 4.78 is 26.3. The van der Waals surface area contributed by atoms with Gasteiger partial charge in [-0.1, -0.05) is 66.7 Å². The van der Waals surface area contributed by atoms with E-state index >= 15 is 4.39 Å².